The molecule has 0 bridgehead atoms. The molecule has 0 saturated carbocycles. The predicted octanol–water partition coefficient (Wildman–Crippen LogP) is 2.36. The van der Waals surface area contributed by atoms with Crippen LogP contribution in [0.4, 0.5) is 11.5 Å². The number of hydrogen-bond acceptors (Lipinski definition) is 6. The Bertz CT molecular complexity index is 813. The number of rotatable bonds is 5. The fourth-order valence-corrected chi connectivity index (χ4v) is 2.76. The van der Waals surface area contributed by atoms with Crippen molar-refractivity contribution < 1.29 is 9.59 Å². The summed E-state index contributed by atoms with van der Waals surface area (Å²) in [4.78, 5) is 31.6. The van der Waals surface area contributed by atoms with Gasteiger partial charge in [-0.1, -0.05) is 23.4 Å². The summed E-state index contributed by atoms with van der Waals surface area (Å²) in [5, 5.41) is 5.99. The number of nitrogens with two attached hydrogens (primary N) is 1. The number of nitrogens with one attached hydrogen (secondary N) is 2. The van der Waals surface area contributed by atoms with E-state index in [1.54, 1.807) is 31.5 Å². The van der Waals surface area contributed by atoms with Crippen molar-refractivity contribution in [1.82, 2.24) is 15.3 Å². The highest BCUT2D eigenvalue weighted by molar-refractivity contribution is 7.98. The highest BCUT2D eigenvalue weighted by atomic mass is 35.5. The highest BCUT2D eigenvalue weighted by Gasteiger charge is 2.18. The molecule has 9 heteroatoms. The standard InChI is InChI=1S/C15H16ClN5O2S/c1-7-6-8(4-5-9(7)14(23)18-2)19-13-10(12(17)22)11(16)20-15(21-13)24-3/h4-6H,1-3H3,(H2,17,22)(H,18,23)(H,19,20,21). The van der Waals surface area contributed by atoms with Gasteiger partial charge in [0.25, 0.3) is 11.8 Å². The lowest BCUT2D eigenvalue weighted by Gasteiger charge is -2.13. The maximum Gasteiger partial charge on any atom is 0.255 e. The molecule has 0 aliphatic carbocycles. The summed E-state index contributed by atoms with van der Waals surface area (Å²) in [7, 11) is 1.57. The molecule has 7 nitrogen and oxygen atoms in total. The summed E-state index contributed by atoms with van der Waals surface area (Å²) in [6.07, 6.45) is 1.79. The van der Waals surface area contributed by atoms with Crippen molar-refractivity contribution in [2.45, 2.75) is 12.1 Å². The Labute approximate surface area is 148 Å². The molecule has 0 fully saturated rings. The number of amides is 2. The van der Waals surface area contributed by atoms with Crippen molar-refractivity contribution >= 4 is 46.7 Å². The quantitative estimate of drug-likeness (QED) is 0.426. The van der Waals surface area contributed by atoms with E-state index in [0.29, 0.717) is 16.4 Å². The second-order valence-electron chi connectivity index (χ2n) is 4.82. The largest absolute Gasteiger partial charge is 0.365 e. The van der Waals surface area contributed by atoms with Gasteiger partial charge in [0, 0.05) is 18.3 Å². The zero-order valence-corrected chi connectivity index (χ0v) is 14.9. The lowest BCUT2D eigenvalue weighted by atomic mass is 10.1. The Morgan fingerprint density at radius 1 is 1.29 bits per heavy atom. The number of primary amides is 1. The van der Waals surface area contributed by atoms with Gasteiger partial charge in [-0.05, 0) is 36.9 Å². The fraction of sp³-hybridized carbons (Fsp3) is 0.200. The number of hydrogen-bond donors (Lipinski definition) is 3. The summed E-state index contributed by atoms with van der Waals surface area (Å²) in [5.41, 5.74) is 7.36. The normalized spacial score (nSPS) is 10.3. The van der Waals surface area contributed by atoms with Crippen LogP contribution in [0.2, 0.25) is 5.15 Å². The van der Waals surface area contributed by atoms with Gasteiger partial charge in [0.1, 0.15) is 16.5 Å². The van der Waals surface area contributed by atoms with Crippen LogP contribution in [0.3, 0.4) is 0 Å². The maximum atomic E-state index is 11.7. The number of aryl methyl sites for hydroxylation is 1. The topological polar surface area (TPSA) is 110 Å². The van der Waals surface area contributed by atoms with Crippen LogP contribution >= 0.6 is 23.4 Å². The molecule has 1 aromatic heterocycles. The summed E-state index contributed by atoms with van der Waals surface area (Å²) in [5.74, 6) is -0.681. The van der Waals surface area contributed by atoms with Crippen LogP contribution in [0.1, 0.15) is 26.3 Å². The van der Waals surface area contributed by atoms with Gasteiger partial charge in [0.15, 0.2) is 5.16 Å². The third kappa shape index (κ3) is 3.77. The van der Waals surface area contributed by atoms with Crippen LogP contribution in [0.25, 0.3) is 0 Å². The van der Waals surface area contributed by atoms with Gasteiger partial charge in [0.2, 0.25) is 0 Å². The van der Waals surface area contributed by atoms with Crippen molar-refractivity contribution in [2.24, 2.45) is 5.73 Å². The number of carbonyl (C=O) groups excluding carboxylic acids is 2. The van der Waals surface area contributed by atoms with Crippen LogP contribution in [-0.4, -0.2) is 35.1 Å². The van der Waals surface area contributed by atoms with Gasteiger partial charge in [0.05, 0.1) is 0 Å². The zero-order valence-electron chi connectivity index (χ0n) is 13.3. The molecule has 2 rings (SSSR count). The van der Waals surface area contributed by atoms with E-state index in [1.165, 1.54) is 11.8 Å². The number of benzene rings is 1. The number of aromatic nitrogens is 2. The summed E-state index contributed by atoms with van der Waals surface area (Å²) in [6.45, 7) is 1.81. The smallest absolute Gasteiger partial charge is 0.255 e. The SMILES string of the molecule is CNC(=O)c1ccc(Nc2nc(SC)nc(Cl)c2C(N)=O)cc1C. The molecule has 1 heterocycles. The molecule has 2 aromatic rings. The van der Waals surface area contributed by atoms with Gasteiger partial charge >= 0.3 is 0 Å². The van der Waals surface area contributed by atoms with E-state index in [9.17, 15) is 9.59 Å². The molecule has 0 spiro atoms. The molecule has 0 atom stereocenters. The Morgan fingerprint density at radius 2 is 2.00 bits per heavy atom. The average molecular weight is 366 g/mol. The first-order valence-electron chi connectivity index (χ1n) is 6.88. The Kier molecular flexibility index (Phi) is 5.63. The van der Waals surface area contributed by atoms with Gasteiger partial charge in [-0.3, -0.25) is 9.59 Å². The van der Waals surface area contributed by atoms with E-state index >= 15 is 0 Å². The molecule has 2 amide bonds. The van der Waals surface area contributed by atoms with E-state index in [-0.39, 0.29) is 22.4 Å². The predicted molar refractivity (Wildman–Crippen MR) is 95.2 cm³/mol. The van der Waals surface area contributed by atoms with Crippen molar-refractivity contribution in [1.29, 1.82) is 0 Å². The molecule has 0 radical (unpaired) electrons. The lowest BCUT2D eigenvalue weighted by Crippen LogP contribution is -2.19. The minimum Gasteiger partial charge on any atom is -0.365 e. The first-order chi connectivity index (χ1) is 11.4. The fourth-order valence-electron chi connectivity index (χ4n) is 2.08. The highest BCUT2D eigenvalue weighted by Crippen LogP contribution is 2.27. The van der Waals surface area contributed by atoms with Crippen molar-refractivity contribution in [2.75, 3.05) is 18.6 Å². The molecule has 0 unspecified atom stereocenters. The molecule has 0 aliphatic rings. The van der Waals surface area contributed by atoms with Crippen molar-refractivity contribution in [3.05, 3.63) is 40.0 Å². The lowest BCUT2D eigenvalue weighted by molar-refractivity contribution is 0.0961. The van der Waals surface area contributed by atoms with Gasteiger partial charge in [-0.15, -0.1) is 0 Å². The van der Waals surface area contributed by atoms with Crippen LogP contribution in [0, 0.1) is 6.92 Å². The zero-order chi connectivity index (χ0) is 17.9. The molecule has 24 heavy (non-hydrogen) atoms. The average Bonchev–Trinajstić information content (AvgIpc) is 2.53. The summed E-state index contributed by atoms with van der Waals surface area (Å²) < 4.78 is 0. The Morgan fingerprint density at radius 3 is 2.54 bits per heavy atom. The third-order valence-corrected chi connectivity index (χ3v) is 4.06. The van der Waals surface area contributed by atoms with Crippen LogP contribution < -0.4 is 16.4 Å². The number of thioether (sulfide) groups is 1. The second kappa shape index (κ2) is 7.50. The number of carbonyl (C=O) groups is 2. The van der Waals surface area contributed by atoms with Crippen LogP contribution in [-0.2, 0) is 0 Å². The molecule has 0 saturated heterocycles. The summed E-state index contributed by atoms with van der Waals surface area (Å²) >= 11 is 7.32. The van der Waals surface area contributed by atoms with Gasteiger partial charge in [-0.2, -0.15) is 0 Å². The summed E-state index contributed by atoms with van der Waals surface area (Å²) in [6, 6.07) is 5.15. The monoisotopic (exact) mass is 365 g/mol. The Hall–Kier alpha value is -2.32. The molecule has 0 aliphatic heterocycles. The van der Waals surface area contributed by atoms with Gasteiger partial charge < -0.3 is 16.4 Å². The maximum absolute atomic E-state index is 11.7. The van der Waals surface area contributed by atoms with E-state index in [1.807, 2.05) is 6.92 Å². The van der Waals surface area contributed by atoms with E-state index in [2.05, 4.69) is 20.6 Å². The minimum atomic E-state index is -0.728. The van der Waals surface area contributed by atoms with E-state index in [4.69, 9.17) is 17.3 Å². The minimum absolute atomic E-state index is 0.0111. The number of anilines is 2. The first-order valence-corrected chi connectivity index (χ1v) is 8.48. The van der Waals surface area contributed by atoms with E-state index in [0.717, 1.165) is 5.56 Å². The van der Waals surface area contributed by atoms with Crippen molar-refractivity contribution in [3.8, 4) is 0 Å². The number of halogens is 1. The van der Waals surface area contributed by atoms with Crippen LogP contribution in [0.15, 0.2) is 23.4 Å². The van der Waals surface area contributed by atoms with E-state index < -0.39 is 5.91 Å². The van der Waals surface area contributed by atoms with Crippen LogP contribution in [0.5, 0.6) is 0 Å². The molecular formula is C15H16ClN5O2S. The second-order valence-corrected chi connectivity index (χ2v) is 5.95. The Balaban J connectivity index is 2.44. The van der Waals surface area contributed by atoms with Crippen molar-refractivity contribution in [3.63, 3.8) is 0 Å². The molecule has 126 valence electrons. The molecule has 4 N–H and O–H groups in total. The van der Waals surface area contributed by atoms with Gasteiger partial charge in [-0.25, -0.2) is 9.97 Å². The molecular weight excluding hydrogens is 350 g/mol. The molecule has 1 aromatic carbocycles. The first kappa shape index (κ1) is 18.0. The third-order valence-electron chi connectivity index (χ3n) is 3.23. The number of nitrogens with zero attached hydrogens (tertiary/aromatic N) is 2.